The average molecular weight is 296 g/mol. The fraction of sp³-hybridized carbons (Fsp3) is 0.333. The minimum absolute atomic E-state index is 0.0810. The van der Waals surface area contributed by atoms with Gasteiger partial charge < -0.3 is 0 Å². The largest absolute Gasteiger partial charge is 0.212 e. The van der Waals surface area contributed by atoms with E-state index in [1.807, 2.05) is 27.7 Å². The van der Waals surface area contributed by atoms with Gasteiger partial charge in [0, 0.05) is 5.56 Å². The molecule has 0 heterocycles. The third-order valence-electron chi connectivity index (χ3n) is 2.10. The summed E-state index contributed by atoms with van der Waals surface area (Å²) < 4.78 is 36.6. The van der Waals surface area contributed by atoms with Gasteiger partial charge in [-0.25, -0.2) is 13.2 Å². The van der Waals surface area contributed by atoms with Gasteiger partial charge in [-0.05, 0) is 59.8 Å². The van der Waals surface area contributed by atoms with Crippen molar-refractivity contribution < 1.29 is 13.2 Å². The maximum atomic E-state index is 12.3. The van der Waals surface area contributed by atoms with E-state index in [9.17, 15) is 13.2 Å². The molecule has 0 radical (unpaired) electrons. The first-order valence-corrected chi connectivity index (χ1v) is 6.47. The predicted octanol–water partition coefficient (Wildman–Crippen LogP) is 6.13. The molecule has 0 aliphatic heterocycles. The highest BCUT2D eigenvalue weighted by atomic mass is 19.1. The minimum atomic E-state index is -0.491. The molecule has 0 saturated heterocycles. The van der Waals surface area contributed by atoms with Crippen molar-refractivity contribution in [1.82, 2.24) is 0 Å². The van der Waals surface area contributed by atoms with E-state index in [0.29, 0.717) is 0 Å². The van der Waals surface area contributed by atoms with E-state index >= 15 is 0 Å². The van der Waals surface area contributed by atoms with Gasteiger partial charge in [0.1, 0.15) is 11.6 Å². The molecule has 21 heavy (non-hydrogen) atoms. The standard InChI is InChI=1S/C7H6F2.C7H11F.C4H6/c1-5-6(8)3-2-4-7(5)9;1-6(2)4-5-7(3)8;1-3-4-2/h2-4H,1H3;4-5H,1-3H3;1-2H3/b;7-5+;. The lowest BCUT2D eigenvalue weighted by Crippen LogP contribution is -1.85. The smallest absolute Gasteiger partial charge is 0.129 e. The summed E-state index contributed by atoms with van der Waals surface area (Å²) >= 11 is 0. The van der Waals surface area contributed by atoms with Gasteiger partial charge in [-0.3, -0.25) is 0 Å². The third-order valence-corrected chi connectivity index (χ3v) is 2.10. The Hall–Kier alpha value is -1.95. The molecule has 0 bridgehead atoms. The summed E-state index contributed by atoms with van der Waals surface area (Å²) in [4.78, 5) is 0. The maximum absolute atomic E-state index is 12.3. The van der Waals surface area contributed by atoms with Crippen LogP contribution < -0.4 is 0 Å². The number of allylic oxidation sites excluding steroid dienone is 4. The summed E-state index contributed by atoms with van der Waals surface area (Å²) in [6, 6.07) is 3.81. The molecule has 0 saturated carbocycles. The second-order valence-electron chi connectivity index (χ2n) is 4.34. The topological polar surface area (TPSA) is 0 Å². The Bertz CT molecular complexity index is 479. The highest BCUT2D eigenvalue weighted by Gasteiger charge is 1.99. The molecule has 0 atom stereocenters. The summed E-state index contributed by atoms with van der Waals surface area (Å²) in [6.07, 6.45) is 3.20. The molecular formula is C18H23F3. The van der Waals surface area contributed by atoms with Crippen molar-refractivity contribution in [3.05, 3.63) is 58.9 Å². The van der Waals surface area contributed by atoms with E-state index in [1.165, 1.54) is 38.1 Å². The molecular weight excluding hydrogens is 273 g/mol. The van der Waals surface area contributed by atoms with Crippen molar-refractivity contribution in [2.24, 2.45) is 0 Å². The molecule has 0 nitrogen and oxygen atoms in total. The fourth-order valence-corrected chi connectivity index (χ4v) is 0.863. The molecule has 116 valence electrons. The normalized spacial score (nSPS) is 9.10. The molecule has 1 rings (SSSR count). The Kier molecular flexibility index (Phi) is 13.3. The van der Waals surface area contributed by atoms with E-state index in [1.54, 1.807) is 6.08 Å². The van der Waals surface area contributed by atoms with Crippen molar-refractivity contribution in [2.45, 2.75) is 41.5 Å². The zero-order chi connectivity index (χ0) is 16.8. The van der Waals surface area contributed by atoms with Gasteiger partial charge in [0.2, 0.25) is 0 Å². The summed E-state index contributed by atoms with van der Waals surface area (Å²) in [7, 11) is 0. The first-order valence-electron chi connectivity index (χ1n) is 6.47. The quantitative estimate of drug-likeness (QED) is 0.432. The number of hydrogen-bond acceptors (Lipinski definition) is 0. The molecule has 0 amide bonds. The van der Waals surface area contributed by atoms with Gasteiger partial charge in [-0.2, -0.15) is 0 Å². The molecule has 0 fully saturated rings. The number of benzene rings is 1. The van der Waals surface area contributed by atoms with Crippen LogP contribution in [0.1, 0.15) is 40.2 Å². The summed E-state index contributed by atoms with van der Waals surface area (Å²) in [5.74, 6) is 4.23. The van der Waals surface area contributed by atoms with Crippen LogP contribution in [0.3, 0.4) is 0 Å². The zero-order valence-electron chi connectivity index (χ0n) is 13.5. The Morgan fingerprint density at radius 1 is 0.952 bits per heavy atom. The Morgan fingerprint density at radius 2 is 1.38 bits per heavy atom. The highest BCUT2D eigenvalue weighted by Crippen LogP contribution is 2.08. The molecule has 3 heteroatoms. The Morgan fingerprint density at radius 3 is 1.57 bits per heavy atom. The molecule has 0 aromatic heterocycles. The zero-order valence-corrected chi connectivity index (χ0v) is 13.5. The first kappa shape index (κ1) is 21.4. The van der Waals surface area contributed by atoms with E-state index < -0.39 is 11.6 Å². The molecule has 1 aromatic carbocycles. The van der Waals surface area contributed by atoms with Crippen LogP contribution >= 0.6 is 0 Å². The van der Waals surface area contributed by atoms with Gasteiger partial charge in [0.25, 0.3) is 0 Å². The van der Waals surface area contributed by atoms with E-state index in [0.717, 1.165) is 5.57 Å². The Labute approximate surface area is 126 Å². The van der Waals surface area contributed by atoms with Gasteiger partial charge >= 0.3 is 0 Å². The van der Waals surface area contributed by atoms with Gasteiger partial charge in [0.05, 0.1) is 5.83 Å². The van der Waals surface area contributed by atoms with E-state index in [-0.39, 0.29) is 11.4 Å². The number of halogens is 3. The van der Waals surface area contributed by atoms with Crippen molar-refractivity contribution in [3.63, 3.8) is 0 Å². The van der Waals surface area contributed by atoms with Crippen molar-refractivity contribution >= 4 is 0 Å². The van der Waals surface area contributed by atoms with Gasteiger partial charge in [-0.15, -0.1) is 11.8 Å². The van der Waals surface area contributed by atoms with E-state index in [2.05, 4.69) is 11.8 Å². The average Bonchev–Trinajstić information content (AvgIpc) is 2.43. The molecule has 0 unspecified atom stereocenters. The highest BCUT2D eigenvalue weighted by molar-refractivity contribution is 5.17. The summed E-state index contributed by atoms with van der Waals surface area (Å²) in [5, 5.41) is 0. The third kappa shape index (κ3) is 14.3. The van der Waals surface area contributed by atoms with Crippen LogP contribution in [0.5, 0.6) is 0 Å². The van der Waals surface area contributed by atoms with Crippen LogP contribution in [0.4, 0.5) is 13.2 Å². The number of hydrogen-bond donors (Lipinski definition) is 0. The van der Waals surface area contributed by atoms with Crippen LogP contribution in [0, 0.1) is 30.4 Å². The van der Waals surface area contributed by atoms with Gasteiger partial charge in [0.15, 0.2) is 0 Å². The van der Waals surface area contributed by atoms with Crippen LogP contribution in [0.25, 0.3) is 0 Å². The van der Waals surface area contributed by atoms with Crippen molar-refractivity contribution in [3.8, 4) is 11.8 Å². The lowest BCUT2D eigenvalue weighted by atomic mass is 10.2. The van der Waals surface area contributed by atoms with Crippen molar-refractivity contribution in [2.75, 3.05) is 0 Å². The second-order valence-corrected chi connectivity index (χ2v) is 4.34. The van der Waals surface area contributed by atoms with Crippen LogP contribution in [0.2, 0.25) is 0 Å². The van der Waals surface area contributed by atoms with E-state index in [4.69, 9.17) is 0 Å². The fourth-order valence-electron chi connectivity index (χ4n) is 0.863. The SMILES string of the molecule is CC#CC.CC(C)=C/C=C(\C)F.Cc1c(F)cccc1F. The molecule has 0 N–H and O–H groups in total. The number of rotatable bonds is 1. The second kappa shape index (κ2) is 13.1. The van der Waals surface area contributed by atoms with Crippen LogP contribution in [-0.2, 0) is 0 Å². The monoisotopic (exact) mass is 296 g/mol. The van der Waals surface area contributed by atoms with Crippen LogP contribution in [-0.4, -0.2) is 0 Å². The maximum Gasteiger partial charge on any atom is 0.129 e. The summed E-state index contributed by atoms with van der Waals surface area (Å²) in [5.41, 5.74) is 1.19. The van der Waals surface area contributed by atoms with Crippen LogP contribution in [0.15, 0.2) is 41.8 Å². The minimum Gasteiger partial charge on any atom is -0.212 e. The first-order chi connectivity index (χ1) is 9.76. The Balaban J connectivity index is 0. The predicted molar refractivity (Wildman–Crippen MR) is 84.5 cm³/mol. The molecule has 0 aliphatic rings. The molecule has 1 aromatic rings. The summed E-state index contributed by atoms with van der Waals surface area (Å²) in [6.45, 7) is 10.3. The van der Waals surface area contributed by atoms with Crippen molar-refractivity contribution in [1.29, 1.82) is 0 Å². The lowest BCUT2D eigenvalue weighted by molar-refractivity contribution is 0.568. The molecule has 0 aliphatic carbocycles. The van der Waals surface area contributed by atoms with Gasteiger partial charge in [-0.1, -0.05) is 17.7 Å². The molecule has 0 spiro atoms. The lowest BCUT2D eigenvalue weighted by Gasteiger charge is -1.94.